The zero-order valence-electron chi connectivity index (χ0n) is 23.8. The summed E-state index contributed by atoms with van der Waals surface area (Å²) in [5, 5.41) is 22.1. The first-order valence-electron chi connectivity index (χ1n) is 14.3. The van der Waals surface area contributed by atoms with E-state index >= 15 is 0 Å². The molecule has 4 rings (SSSR count). The number of aromatic nitrogens is 2. The topological polar surface area (TPSA) is 166 Å². The summed E-state index contributed by atoms with van der Waals surface area (Å²) in [4.78, 5) is 64.6. The van der Waals surface area contributed by atoms with Crippen LogP contribution in [0.25, 0.3) is 11.4 Å². The van der Waals surface area contributed by atoms with Crippen molar-refractivity contribution in [2.24, 2.45) is 0 Å². The van der Waals surface area contributed by atoms with Gasteiger partial charge in [-0.15, -0.1) is 0 Å². The van der Waals surface area contributed by atoms with Crippen LogP contribution in [0.5, 0.6) is 0 Å². The molecular weight excluding hydrogens is 544 g/mol. The molecule has 13 nitrogen and oxygen atoms in total. The Kier molecular flexibility index (Phi) is 10.8. The number of aliphatic hydroxyl groups is 1. The molecule has 42 heavy (non-hydrogen) atoms. The van der Waals surface area contributed by atoms with Crippen molar-refractivity contribution in [1.29, 1.82) is 0 Å². The number of β-amino-alcohol motifs (C(OH)–C–C–N with tert-alkyl or cyclic N) is 1. The second-order valence-corrected chi connectivity index (χ2v) is 10.4. The van der Waals surface area contributed by atoms with Crippen LogP contribution in [-0.4, -0.2) is 117 Å². The quantitative estimate of drug-likeness (QED) is 0.372. The molecule has 0 saturated carbocycles. The van der Waals surface area contributed by atoms with Gasteiger partial charge in [-0.3, -0.25) is 19.3 Å². The number of hydrogen-bond acceptors (Lipinski definition) is 9. The number of ether oxygens (including phenoxy) is 1. The Morgan fingerprint density at radius 1 is 1.05 bits per heavy atom. The number of aliphatic hydroxyl groups excluding tert-OH is 1. The summed E-state index contributed by atoms with van der Waals surface area (Å²) in [5.41, 5.74) is 1.35. The predicted molar refractivity (Wildman–Crippen MR) is 151 cm³/mol. The van der Waals surface area contributed by atoms with E-state index in [9.17, 15) is 29.4 Å². The second-order valence-electron chi connectivity index (χ2n) is 10.4. The number of carbonyl (C=O) groups excluding carboxylic acids is 3. The number of hydrogen-bond donors (Lipinski definition) is 3. The Bertz CT molecular complexity index is 1250. The van der Waals surface area contributed by atoms with Crippen LogP contribution in [-0.2, 0) is 20.9 Å². The van der Waals surface area contributed by atoms with Gasteiger partial charge in [0.15, 0.2) is 5.82 Å². The molecule has 13 heteroatoms. The molecule has 3 amide bonds. The van der Waals surface area contributed by atoms with E-state index in [-0.39, 0.29) is 51.3 Å². The van der Waals surface area contributed by atoms with Crippen LogP contribution < -0.4 is 5.32 Å². The van der Waals surface area contributed by atoms with Crippen LogP contribution in [0.3, 0.4) is 0 Å². The highest BCUT2D eigenvalue weighted by atomic mass is 16.6. The van der Waals surface area contributed by atoms with Gasteiger partial charge in [-0.1, -0.05) is 30.3 Å². The van der Waals surface area contributed by atoms with Crippen LogP contribution in [0.4, 0.5) is 4.79 Å². The molecule has 1 aromatic carbocycles. The first kappa shape index (κ1) is 30.8. The van der Waals surface area contributed by atoms with Gasteiger partial charge >= 0.3 is 12.1 Å². The Hall–Kier alpha value is -4.10. The number of carboxylic acid groups (broad SMARTS) is 1. The van der Waals surface area contributed by atoms with Gasteiger partial charge in [0.2, 0.25) is 5.91 Å². The minimum atomic E-state index is -1.10. The number of likely N-dealkylation sites (tertiary alicyclic amines) is 1. The standard InChI is InChI=1S/C29H38N6O7/c1-2-42-29(41)35-15-13-34(14-16-35)28(40)23(10-11-25(37)38)32-27(39)24-17-21(18-33-12-6-9-22(36)19-33)30-26(31-24)20-7-4-3-5-8-20/h3-5,7-8,17,22-23,36H,2,6,9-16,18-19H2,1H3,(H,32,39)(H,37,38). The van der Waals surface area contributed by atoms with E-state index in [1.807, 2.05) is 30.3 Å². The summed E-state index contributed by atoms with van der Waals surface area (Å²) in [6.07, 6.45) is 0.304. The Labute approximate surface area is 244 Å². The molecule has 2 aliphatic heterocycles. The van der Waals surface area contributed by atoms with E-state index in [4.69, 9.17) is 4.74 Å². The van der Waals surface area contributed by atoms with Gasteiger partial charge in [-0.2, -0.15) is 0 Å². The first-order valence-corrected chi connectivity index (χ1v) is 14.3. The number of aliphatic carboxylic acids is 1. The van der Waals surface area contributed by atoms with Crippen LogP contribution >= 0.6 is 0 Å². The largest absolute Gasteiger partial charge is 0.481 e. The van der Waals surface area contributed by atoms with E-state index in [0.29, 0.717) is 30.2 Å². The van der Waals surface area contributed by atoms with Crippen molar-refractivity contribution >= 4 is 23.9 Å². The Morgan fingerprint density at radius 2 is 1.76 bits per heavy atom. The molecule has 0 bridgehead atoms. The molecule has 1 aromatic heterocycles. The number of carboxylic acids is 1. The van der Waals surface area contributed by atoms with E-state index in [1.165, 1.54) is 9.80 Å². The Morgan fingerprint density at radius 3 is 2.43 bits per heavy atom. The minimum absolute atomic E-state index is 0.0525. The number of rotatable bonds is 10. The summed E-state index contributed by atoms with van der Waals surface area (Å²) >= 11 is 0. The van der Waals surface area contributed by atoms with Crippen molar-refractivity contribution < 1.29 is 34.1 Å². The van der Waals surface area contributed by atoms with Gasteiger partial charge in [0.25, 0.3) is 5.91 Å². The monoisotopic (exact) mass is 582 g/mol. The average molecular weight is 583 g/mol. The molecule has 3 N–H and O–H groups in total. The van der Waals surface area contributed by atoms with Crippen molar-refractivity contribution in [1.82, 2.24) is 30.0 Å². The van der Waals surface area contributed by atoms with E-state index < -0.39 is 36.0 Å². The molecule has 0 spiro atoms. The van der Waals surface area contributed by atoms with Gasteiger partial charge in [0.05, 0.1) is 18.4 Å². The lowest BCUT2D eigenvalue weighted by Gasteiger charge is -2.35. The van der Waals surface area contributed by atoms with Crippen molar-refractivity contribution in [2.45, 2.75) is 51.3 Å². The van der Waals surface area contributed by atoms with Crippen molar-refractivity contribution in [2.75, 3.05) is 45.9 Å². The first-order chi connectivity index (χ1) is 20.2. The van der Waals surface area contributed by atoms with E-state index in [1.54, 1.807) is 13.0 Å². The molecule has 2 aromatic rings. The van der Waals surface area contributed by atoms with E-state index in [0.717, 1.165) is 19.4 Å². The number of nitrogens with zero attached hydrogens (tertiary/aromatic N) is 5. The van der Waals surface area contributed by atoms with Crippen LogP contribution in [0.15, 0.2) is 36.4 Å². The molecule has 3 heterocycles. The number of benzene rings is 1. The smallest absolute Gasteiger partial charge is 0.409 e. The highest BCUT2D eigenvalue weighted by molar-refractivity contribution is 5.96. The SMILES string of the molecule is CCOC(=O)N1CCN(C(=O)C(CCC(=O)O)NC(=O)c2cc(CN3CCCC(O)C3)nc(-c3ccccc3)n2)CC1. The number of piperazine rings is 1. The fraction of sp³-hybridized carbons (Fsp3) is 0.517. The molecule has 2 saturated heterocycles. The van der Waals surface area contributed by atoms with Crippen LogP contribution in [0.1, 0.15) is 48.8 Å². The molecule has 2 atom stereocenters. The highest BCUT2D eigenvalue weighted by Gasteiger charge is 2.31. The van der Waals surface area contributed by atoms with Crippen molar-refractivity contribution in [3.8, 4) is 11.4 Å². The lowest BCUT2D eigenvalue weighted by Crippen LogP contribution is -2.56. The van der Waals surface area contributed by atoms with Gasteiger partial charge in [-0.05, 0) is 38.8 Å². The molecule has 2 unspecified atom stereocenters. The maximum Gasteiger partial charge on any atom is 0.409 e. The third-order valence-electron chi connectivity index (χ3n) is 7.28. The van der Waals surface area contributed by atoms with Crippen molar-refractivity contribution in [3.63, 3.8) is 0 Å². The zero-order chi connectivity index (χ0) is 30.1. The minimum Gasteiger partial charge on any atom is -0.481 e. The molecule has 226 valence electrons. The molecule has 2 fully saturated rings. The average Bonchev–Trinajstić information content (AvgIpc) is 2.99. The number of nitrogens with one attached hydrogen (secondary N) is 1. The maximum absolute atomic E-state index is 13.5. The van der Waals surface area contributed by atoms with Crippen LogP contribution in [0, 0.1) is 0 Å². The number of amides is 3. The lowest BCUT2D eigenvalue weighted by atomic mass is 10.1. The number of piperidine rings is 1. The fourth-order valence-corrected chi connectivity index (χ4v) is 5.12. The van der Waals surface area contributed by atoms with Crippen LogP contribution in [0.2, 0.25) is 0 Å². The van der Waals surface area contributed by atoms with Gasteiger partial charge < -0.3 is 30.1 Å². The van der Waals surface area contributed by atoms with Gasteiger partial charge in [-0.25, -0.2) is 14.8 Å². The van der Waals surface area contributed by atoms with Crippen molar-refractivity contribution in [3.05, 3.63) is 47.8 Å². The third kappa shape index (κ3) is 8.46. The van der Waals surface area contributed by atoms with Gasteiger partial charge in [0, 0.05) is 51.3 Å². The normalized spacial score (nSPS) is 18.3. The highest BCUT2D eigenvalue weighted by Crippen LogP contribution is 2.19. The summed E-state index contributed by atoms with van der Waals surface area (Å²) < 4.78 is 5.03. The lowest BCUT2D eigenvalue weighted by molar-refractivity contribution is -0.138. The second kappa shape index (κ2) is 14.7. The summed E-state index contributed by atoms with van der Waals surface area (Å²) in [6.45, 7) is 4.66. The molecular formula is C29H38N6O7. The summed E-state index contributed by atoms with van der Waals surface area (Å²) in [6, 6.07) is 9.68. The maximum atomic E-state index is 13.5. The Balaban J connectivity index is 1.53. The molecule has 2 aliphatic rings. The summed E-state index contributed by atoms with van der Waals surface area (Å²) in [5.74, 6) is -1.79. The molecule has 0 aliphatic carbocycles. The molecule has 0 radical (unpaired) electrons. The predicted octanol–water partition coefficient (Wildman–Crippen LogP) is 1.36. The van der Waals surface area contributed by atoms with Gasteiger partial charge in [0.1, 0.15) is 11.7 Å². The summed E-state index contributed by atoms with van der Waals surface area (Å²) in [7, 11) is 0. The fourth-order valence-electron chi connectivity index (χ4n) is 5.12. The third-order valence-corrected chi connectivity index (χ3v) is 7.28. The van der Waals surface area contributed by atoms with E-state index in [2.05, 4.69) is 20.2 Å². The number of carbonyl (C=O) groups is 4. The zero-order valence-corrected chi connectivity index (χ0v) is 23.8.